The van der Waals surface area contributed by atoms with Gasteiger partial charge in [0.2, 0.25) is 0 Å². The van der Waals surface area contributed by atoms with Crippen molar-refractivity contribution in [3.63, 3.8) is 0 Å². The molecule has 0 unspecified atom stereocenters. The molecule has 34 heavy (non-hydrogen) atoms. The minimum Gasteiger partial charge on any atom is -0.358 e. The van der Waals surface area contributed by atoms with Gasteiger partial charge in [-0.15, -0.1) is 0 Å². The molecule has 6 nitrogen and oxygen atoms in total. The molecule has 0 bridgehead atoms. The maximum Gasteiger partial charge on any atom is 0.256 e. The van der Waals surface area contributed by atoms with Gasteiger partial charge >= 0.3 is 0 Å². The fourth-order valence-corrected chi connectivity index (χ4v) is 4.37. The Kier molecular flexibility index (Phi) is 6.93. The Morgan fingerprint density at radius 3 is 2.44 bits per heavy atom. The fourth-order valence-electron chi connectivity index (χ4n) is 4.37. The number of carbonyl (C=O) groups excluding carboxylic acids is 2. The van der Waals surface area contributed by atoms with Crippen molar-refractivity contribution < 1.29 is 14.0 Å². The van der Waals surface area contributed by atoms with E-state index in [-0.39, 0.29) is 11.8 Å². The minimum absolute atomic E-state index is 0.238. The van der Waals surface area contributed by atoms with Crippen LogP contribution in [0.25, 0.3) is 22.8 Å². The Labute approximate surface area is 198 Å². The van der Waals surface area contributed by atoms with Crippen LogP contribution in [0.4, 0.5) is 10.1 Å². The number of nitrogens with zero attached hydrogens (tertiary/aromatic N) is 1. The summed E-state index contributed by atoms with van der Waals surface area (Å²) in [5.41, 5.74) is 4.20. The van der Waals surface area contributed by atoms with E-state index in [0.717, 1.165) is 30.9 Å². The molecule has 0 aliphatic carbocycles. The number of carbonyl (C=O) groups is 2. The summed E-state index contributed by atoms with van der Waals surface area (Å²) >= 11 is 0. The Hall–Kier alpha value is -3.71. The lowest BCUT2D eigenvalue weighted by molar-refractivity contribution is -0.110. The van der Waals surface area contributed by atoms with Gasteiger partial charge in [-0.2, -0.15) is 0 Å². The van der Waals surface area contributed by atoms with Gasteiger partial charge in [-0.1, -0.05) is 50.2 Å². The number of anilines is 1. The van der Waals surface area contributed by atoms with Crippen LogP contribution in [0.2, 0.25) is 0 Å². The Morgan fingerprint density at radius 2 is 1.74 bits per heavy atom. The predicted octanol–water partition coefficient (Wildman–Crippen LogP) is 4.69. The quantitative estimate of drug-likeness (QED) is 0.427. The molecule has 1 aromatic heterocycles. The van der Waals surface area contributed by atoms with Crippen LogP contribution in [0.1, 0.15) is 41.2 Å². The van der Waals surface area contributed by atoms with Crippen LogP contribution in [0.3, 0.4) is 0 Å². The lowest BCUT2D eigenvalue weighted by Crippen LogP contribution is -2.35. The standard InChI is InChI=1S/C27H29FN4O2/c1-4-32(5-2)15-14-29-27(34)24-17(3)30-23(25(24)19-11-6-8-12-21(19)28)16-20-18-10-7-9-13-22(18)31-26(20)33/h6-13,16,30H,4-5,14-15H2,1-3H3,(H,29,34)(H,31,33)/b20-16-. The molecule has 3 aromatic rings. The first-order valence-electron chi connectivity index (χ1n) is 11.5. The molecule has 4 rings (SSSR count). The zero-order chi connectivity index (χ0) is 24.2. The van der Waals surface area contributed by atoms with Gasteiger partial charge in [0, 0.05) is 46.9 Å². The van der Waals surface area contributed by atoms with Gasteiger partial charge in [-0.05, 0) is 38.2 Å². The number of rotatable bonds is 8. The van der Waals surface area contributed by atoms with Gasteiger partial charge in [0.1, 0.15) is 5.82 Å². The first-order chi connectivity index (χ1) is 16.4. The summed E-state index contributed by atoms with van der Waals surface area (Å²) in [7, 11) is 0. The molecule has 0 radical (unpaired) electrons. The number of H-pyrrole nitrogens is 1. The number of aryl methyl sites for hydroxylation is 1. The van der Waals surface area contributed by atoms with Crippen LogP contribution in [-0.2, 0) is 4.79 Å². The molecular formula is C27H29FN4O2. The lowest BCUT2D eigenvalue weighted by Gasteiger charge is -2.18. The van der Waals surface area contributed by atoms with E-state index < -0.39 is 5.82 Å². The molecule has 2 aromatic carbocycles. The van der Waals surface area contributed by atoms with Gasteiger partial charge in [-0.3, -0.25) is 9.59 Å². The van der Waals surface area contributed by atoms with E-state index in [1.54, 1.807) is 31.2 Å². The SMILES string of the molecule is CCN(CC)CCNC(=O)c1c(C)[nH]c(/C=C2\C(=O)Nc3ccccc32)c1-c1ccccc1F. The summed E-state index contributed by atoms with van der Waals surface area (Å²) in [5.74, 6) is -0.951. The van der Waals surface area contributed by atoms with Crippen LogP contribution in [0.15, 0.2) is 48.5 Å². The summed E-state index contributed by atoms with van der Waals surface area (Å²) < 4.78 is 14.9. The van der Waals surface area contributed by atoms with Gasteiger partial charge in [0.25, 0.3) is 11.8 Å². The monoisotopic (exact) mass is 460 g/mol. The number of aromatic amines is 1. The summed E-state index contributed by atoms with van der Waals surface area (Å²) in [6.07, 6.45) is 1.70. The van der Waals surface area contributed by atoms with Crippen molar-refractivity contribution in [2.75, 3.05) is 31.5 Å². The third-order valence-electron chi connectivity index (χ3n) is 6.19. The number of nitrogens with one attached hydrogen (secondary N) is 3. The largest absolute Gasteiger partial charge is 0.358 e. The summed E-state index contributed by atoms with van der Waals surface area (Å²) in [4.78, 5) is 31.4. The molecule has 176 valence electrons. The number of halogens is 1. The first kappa shape index (κ1) is 23.4. The van der Waals surface area contributed by atoms with E-state index in [4.69, 9.17) is 0 Å². The molecule has 0 saturated carbocycles. The highest BCUT2D eigenvalue weighted by Gasteiger charge is 2.27. The normalized spacial score (nSPS) is 13.9. The highest BCUT2D eigenvalue weighted by Crippen LogP contribution is 2.37. The summed E-state index contributed by atoms with van der Waals surface area (Å²) in [6, 6.07) is 13.8. The van der Waals surface area contributed by atoms with E-state index in [1.165, 1.54) is 6.07 Å². The Bertz CT molecular complexity index is 1260. The van der Waals surface area contributed by atoms with E-state index in [0.29, 0.717) is 40.2 Å². The van der Waals surface area contributed by atoms with Gasteiger partial charge in [0.15, 0.2) is 0 Å². The summed E-state index contributed by atoms with van der Waals surface area (Å²) in [6.45, 7) is 8.95. The number of hydrogen-bond acceptors (Lipinski definition) is 3. The molecular weight excluding hydrogens is 431 g/mol. The molecule has 1 aliphatic heterocycles. The average molecular weight is 461 g/mol. The van der Waals surface area contributed by atoms with Crippen molar-refractivity contribution in [1.29, 1.82) is 0 Å². The van der Waals surface area contributed by atoms with Gasteiger partial charge < -0.3 is 20.5 Å². The number of hydrogen-bond donors (Lipinski definition) is 3. The minimum atomic E-state index is -0.436. The van der Waals surface area contributed by atoms with Crippen molar-refractivity contribution in [2.24, 2.45) is 0 Å². The molecule has 3 N–H and O–H groups in total. The van der Waals surface area contributed by atoms with Crippen LogP contribution in [0, 0.1) is 12.7 Å². The Morgan fingerprint density at radius 1 is 1.06 bits per heavy atom. The smallest absolute Gasteiger partial charge is 0.256 e. The van der Waals surface area contributed by atoms with Crippen LogP contribution in [0.5, 0.6) is 0 Å². The molecule has 2 amide bonds. The topological polar surface area (TPSA) is 77.2 Å². The molecule has 1 aliphatic rings. The second-order valence-electron chi connectivity index (χ2n) is 8.23. The zero-order valence-corrected chi connectivity index (χ0v) is 19.7. The van der Waals surface area contributed by atoms with Crippen LogP contribution >= 0.6 is 0 Å². The van der Waals surface area contributed by atoms with E-state index >= 15 is 0 Å². The van der Waals surface area contributed by atoms with Gasteiger partial charge in [0.05, 0.1) is 11.1 Å². The number of amides is 2. The maximum atomic E-state index is 14.9. The van der Waals surface area contributed by atoms with Crippen molar-refractivity contribution >= 4 is 29.2 Å². The number of likely N-dealkylation sites (N-methyl/N-ethyl adjacent to an activating group) is 1. The second-order valence-corrected chi connectivity index (χ2v) is 8.23. The van der Waals surface area contributed by atoms with Crippen molar-refractivity contribution in [3.05, 3.63) is 76.9 Å². The van der Waals surface area contributed by atoms with Crippen molar-refractivity contribution in [2.45, 2.75) is 20.8 Å². The molecule has 0 saturated heterocycles. The fraction of sp³-hybridized carbons (Fsp3) is 0.259. The van der Waals surface area contributed by atoms with Gasteiger partial charge in [-0.25, -0.2) is 4.39 Å². The highest BCUT2D eigenvalue weighted by molar-refractivity contribution is 6.35. The third kappa shape index (κ3) is 4.52. The number of benzene rings is 2. The number of aromatic nitrogens is 1. The van der Waals surface area contributed by atoms with E-state index in [1.807, 2.05) is 24.3 Å². The third-order valence-corrected chi connectivity index (χ3v) is 6.19. The molecule has 0 fully saturated rings. The van der Waals surface area contributed by atoms with Crippen LogP contribution < -0.4 is 10.6 Å². The molecule has 0 atom stereocenters. The van der Waals surface area contributed by atoms with E-state index in [2.05, 4.69) is 34.4 Å². The Balaban J connectivity index is 1.78. The molecule has 0 spiro atoms. The molecule has 2 heterocycles. The summed E-state index contributed by atoms with van der Waals surface area (Å²) in [5, 5.41) is 5.83. The zero-order valence-electron chi connectivity index (χ0n) is 19.7. The first-order valence-corrected chi connectivity index (χ1v) is 11.5. The predicted molar refractivity (Wildman–Crippen MR) is 134 cm³/mol. The van der Waals surface area contributed by atoms with Crippen LogP contribution in [-0.4, -0.2) is 47.9 Å². The maximum absolute atomic E-state index is 14.9. The van der Waals surface area contributed by atoms with Crippen molar-refractivity contribution in [1.82, 2.24) is 15.2 Å². The van der Waals surface area contributed by atoms with Crippen molar-refractivity contribution in [3.8, 4) is 11.1 Å². The second kappa shape index (κ2) is 10.1. The number of para-hydroxylation sites is 1. The van der Waals surface area contributed by atoms with E-state index in [9.17, 15) is 14.0 Å². The molecule has 7 heteroatoms. The highest BCUT2D eigenvalue weighted by atomic mass is 19.1. The number of fused-ring (bicyclic) bond motifs is 1. The lowest BCUT2D eigenvalue weighted by atomic mass is 9.97. The average Bonchev–Trinajstić information content (AvgIpc) is 3.33.